The molecule has 0 N–H and O–H groups in total. The molecule has 9 aromatic rings. The van der Waals surface area contributed by atoms with Crippen molar-refractivity contribution in [1.29, 1.82) is 0 Å². The van der Waals surface area contributed by atoms with Crippen molar-refractivity contribution in [3.63, 3.8) is 0 Å². The monoisotopic (exact) mass is 533 g/mol. The highest BCUT2D eigenvalue weighted by Gasteiger charge is 2.18. The largest absolute Gasteiger partial charge is 0.256 e. The number of nitrogens with zero attached hydrogens (tertiary/aromatic N) is 3. The number of fused-ring (bicyclic) bond motifs is 2. The third kappa shape index (κ3) is 3.31. The minimum absolute atomic E-state index is 0.735. The van der Waals surface area contributed by atoms with Crippen LogP contribution in [-0.4, -0.2) is 15.0 Å². The summed E-state index contributed by atoms with van der Waals surface area (Å²) in [5, 5.41) is 12.3. The van der Waals surface area contributed by atoms with E-state index in [0.717, 1.165) is 49.8 Å². The average molecular weight is 534 g/mol. The van der Waals surface area contributed by atoms with Gasteiger partial charge >= 0.3 is 0 Å². The van der Waals surface area contributed by atoms with E-state index in [1.807, 2.05) is 12.3 Å². The Kier molecular flexibility index (Phi) is 4.90. The van der Waals surface area contributed by atoms with Gasteiger partial charge in [-0.15, -0.1) is 0 Å². The Bertz CT molecular complexity index is 2370. The Labute approximate surface area is 242 Å². The molecule has 2 aromatic heterocycles. The summed E-state index contributed by atoms with van der Waals surface area (Å²) in [7, 11) is 0. The lowest BCUT2D eigenvalue weighted by molar-refractivity contribution is 1.18. The molecule has 2 heterocycles. The highest BCUT2D eigenvalue weighted by molar-refractivity contribution is 6.25. The second-order valence-electron chi connectivity index (χ2n) is 10.8. The van der Waals surface area contributed by atoms with Crippen LogP contribution in [0.4, 0.5) is 0 Å². The van der Waals surface area contributed by atoms with Crippen molar-refractivity contribution in [3.8, 4) is 33.8 Å². The molecular weight excluding hydrogens is 510 g/mol. The van der Waals surface area contributed by atoms with Crippen LogP contribution in [0.1, 0.15) is 0 Å². The molecule has 0 atom stereocenters. The van der Waals surface area contributed by atoms with Crippen LogP contribution in [0.15, 0.2) is 140 Å². The second kappa shape index (κ2) is 8.92. The predicted molar refractivity (Wildman–Crippen MR) is 175 cm³/mol. The highest BCUT2D eigenvalue weighted by atomic mass is 14.9. The summed E-state index contributed by atoms with van der Waals surface area (Å²) in [4.78, 5) is 14.3. The molecule has 194 valence electrons. The van der Waals surface area contributed by atoms with Crippen molar-refractivity contribution < 1.29 is 0 Å². The molecule has 42 heavy (non-hydrogen) atoms. The lowest BCUT2D eigenvalue weighted by atomic mass is 9.88. The third-order valence-electron chi connectivity index (χ3n) is 8.58. The van der Waals surface area contributed by atoms with E-state index in [1.165, 1.54) is 37.9 Å². The van der Waals surface area contributed by atoms with Gasteiger partial charge in [0.1, 0.15) is 0 Å². The van der Waals surface area contributed by atoms with Gasteiger partial charge in [-0.3, -0.25) is 4.98 Å². The molecule has 0 saturated carbocycles. The molecule has 0 aliphatic carbocycles. The average Bonchev–Trinajstić information content (AvgIpc) is 3.06. The Morgan fingerprint density at radius 3 is 1.62 bits per heavy atom. The topological polar surface area (TPSA) is 38.7 Å². The van der Waals surface area contributed by atoms with E-state index in [4.69, 9.17) is 4.98 Å². The van der Waals surface area contributed by atoms with E-state index < -0.39 is 0 Å². The molecule has 0 radical (unpaired) electrons. The van der Waals surface area contributed by atoms with E-state index in [0.29, 0.717) is 0 Å². The van der Waals surface area contributed by atoms with E-state index in [9.17, 15) is 0 Å². The van der Waals surface area contributed by atoms with Crippen LogP contribution in [-0.2, 0) is 0 Å². The zero-order chi connectivity index (χ0) is 27.6. The Balaban J connectivity index is 1.26. The Morgan fingerprint density at radius 2 is 0.976 bits per heavy atom. The van der Waals surface area contributed by atoms with Gasteiger partial charge < -0.3 is 0 Å². The van der Waals surface area contributed by atoms with E-state index in [2.05, 4.69) is 125 Å². The first-order valence-corrected chi connectivity index (χ1v) is 14.2. The maximum atomic E-state index is 5.08. The SMILES string of the molecule is c1cnc(-c2c3ccccc3c(-c3ccc(-c4ccc5ccc6cccc7ccc4c5c67)nc3)c3ccccc23)nc1. The first-order chi connectivity index (χ1) is 20.8. The second-order valence-corrected chi connectivity index (χ2v) is 10.8. The predicted octanol–water partition coefficient (Wildman–Crippen LogP) is 10.1. The van der Waals surface area contributed by atoms with Crippen molar-refractivity contribution in [2.45, 2.75) is 0 Å². The van der Waals surface area contributed by atoms with Gasteiger partial charge in [0.25, 0.3) is 0 Å². The zero-order valence-corrected chi connectivity index (χ0v) is 22.6. The minimum atomic E-state index is 0.735. The zero-order valence-electron chi connectivity index (χ0n) is 22.6. The number of hydrogen-bond donors (Lipinski definition) is 0. The van der Waals surface area contributed by atoms with E-state index >= 15 is 0 Å². The Hall–Kier alpha value is -5.67. The fourth-order valence-electron chi connectivity index (χ4n) is 6.77. The van der Waals surface area contributed by atoms with Crippen LogP contribution in [0.25, 0.3) is 87.6 Å². The number of benzene rings is 7. The number of aromatic nitrogens is 3. The fraction of sp³-hybridized carbons (Fsp3) is 0. The normalized spacial score (nSPS) is 11.8. The summed E-state index contributed by atoms with van der Waals surface area (Å²) in [6, 6.07) is 43.2. The van der Waals surface area contributed by atoms with Gasteiger partial charge in [0.05, 0.1) is 5.69 Å². The summed E-state index contributed by atoms with van der Waals surface area (Å²) in [5.41, 5.74) is 5.45. The highest BCUT2D eigenvalue weighted by Crippen LogP contribution is 2.43. The molecule has 0 unspecified atom stereocenters. The molecule has 0 amide bonds. The van der Waals surface area contributed by atoms with Crippen LogP contribution < -0.4 is 0 Å². The van der Waals surface area contributed by atoms with Gasteiger partial charge in [-0.1, -0.05) is 109 Å². The lowest BCUT2D eigenvalue weighted by Crippen LogP contribution is -1.94. The van der Waals surface area contributed by atoms with Crippen LogP contribution in [0.2, 0.25) is 0 Å². The summed E-state index contributed by atoms with van der Waals surface area (Å²) in [6.07, 6.45) is 5.64. The van der Waals surface area contributed by atoms with Crippen molar-refractivity contribution in [3.05, 3.63) is 140 Å². The van der Waals surface area contributed by atoms with Gasteiger partial charge in [-0.25, -0.2) is 9.97 Å². The maximum absolute atomic E-state index is 5.08. The molecule has 3 heteroatoms. The molecule has 0 spiro atoms. The van der Waals surface area contributed by atoms with Crippen LogP contribution in [0.3, 0.4) is 0 Å². The number of rotatable bonds is 3. The molecule has 9 rings (SSSR count). The van der Waals surface area contributed by atoms with Crippen LogP contribution >= 0.6 is 0 Å². The van der Waals surface area contributed by atoms with Gasteiger partial charge in [0.2, 0.25) is 0 Å². The fourth-order valence-corrected chi connectivity index (χ4v) is 6.77. The summed E-state index contributed by atoms with van der Waals surface area (Å²) in [6.45, 7) is 0. The van der Waals surface area contributed by atoms with Crippen molar-refractivity contribution >= 4 is 53.9 Å². The van der Waals surface area contributed by atoms with Gasteiger partial charge in [0, 0.05) is 35.3 Å². The van der Waals surface area contributed by atoms with Crippen molar-refractivity contribution in [1.82, 2.24) is 15.0 Å². The molecule has 0 saturated heterocycles. The minimum Gasteiger partial charge on any atom is -0.256 e. The molecule has 3 nitrogen and oxygen atoms in total. The quantitative estimate of drug-likeness (QED) is 0.167. The third-order valence-corrected chi connectivity index (χ3v) is 8.58. The smallest absolute Gasteiger partial charge is 0.160 e. The van der Waals surface area contributed by atoms with Crippen LogP contribution in [0.5, 0.6) is 0 Å². The van der Waals surface area contributed by atoms with E-state index in [1.54, 1.807) is 12.4 Å². The first kappa shape index (κ1) is 23.1. The van der Waals surface area contributed by atoms with Crippen molar-refractivity contribution in [2.75, 3.05) is 0 Å². The Morgan fingerprint density at radius 1 is 0.381 bits per heavy atom. The summed E-state index contributed by atoms with van der Waals surface area (Å²) in [5.74, 6) is 0.735. The summed E-state index contributed by atoms with van der Waals surface area (Å²) >= 11 is 0. The van der Waals surface area contributed by atoms with Gasteiger partial charge in [-0.2, -0.15) is 0 Å². The first-order valence-electron chi connectivity index (χ1n) is 14.2. The van der Waals surface area contributed by atoms with Gasteiger partial charge in [0.15, 0.2) is 5.82 Å². The maximum Gasteiger partial charge on any atom is 0.160 e. The number of hydrogen-bond acceptors (Lipinski definition) is 3. The molecule has 0 bridgehead atoms. The van der Waals surface area contributed by atoms with Crippen molar-refractivity contribution in [2.24, 2.45) is 0 Å². The number of pyridine rings is 1. The lowest BCUT2D eigenvalue weighted by Gasteiger charge is -2.17. The standard InChI is InChI=1S/C39H23N3/c1-3-11-31-29(9-1)36(30-10-2-4-12-32(30)38(31)39-40-21-6-22-41-39)27-17-20-34(42-23-27)28-18-15-26-14-13-24-7-5-8-25-16-19-33(28)37(26)35(24)25/h1-23H. The van der Waals surface area contributed by atoms with E-state index in [-0.39, 0.29) is 0 Å². The molecule has 0 aliphatic rings. The van der Waals surface area contributed by atoms with Crippen LogP contribution in [0, 0.1) is 0 Å². The molecule has 0 fully saturated rings. The van der Waals surface area contributed by atoms with Gasteiger partial charge in [-0.05, 0) is 71.6 Å². The summed E-state index contributed by atoms with van der Waals surface area (Å²) < 4.78 is 0. The molecular formula is C39H23N3. The molecule has 7 aromatic carbocycles. The molecule has 0 aliphatic heterocycles.